The minimum Gasteiger partial charge on any atom is -0.365 e. The van der Waals surface area contributed by atoms with Gasteiger partial charge >= 0.3 is 0 Å². The van der Waals surface area contributed by atoms with Crippen LogP contribution in [0.5, 0.6) is 0 Å². The van der Waals surface area contributed by atoms with Gasteiger partial charge in [-0.05, 0) is 69.0 Å². The van der Waals surface area contributed by atoms with E-state index in [1.165, 1.54) is 37.5 Å². The Hall–Kier alpha value is -3.35. The number of aromatic nitrogens is 2. The molecule has 5 nitrogen and oxygen atoms in total. The van der Waals surface area contributed by atoms with E-state index < -0.39 is 11.6 Å². The number of carbonyl (C=O) groups is 1. The summed E-state index contributed by atoms with van der Waals surface area (Å²) in [6.07, 6.45) is 5.82. The van der Waals surface area contributed by atoms with Crippen molar-refractivity contribution in [2.24, 2.45) is 0 Å². The topological polar surface area (TPSA) is 58.1 Å². The van der Waals surface area contributed by atoms with Gasteiger partial charge in [-0.2, -0.15) is 0 Å². The molecule has 1 N–H and O–H groups in total. The zero-order chi connectivity index (χ0) is 23.1. The van der Waals surface area contributed by atoms with Gasteiger partial charge in [0.25, 0.3) is 5.91 Å². The third kappa shape index (κ3) is 3.96. The Kier molecular flexibility index (Phi) is 5.56. The number of benzene rings is 1. The van der Waals surface area contributed by atoms with Crippen LogP contribution in [0.15, 0.2) is 42.6 Å². The summed E-state index contributed by atoms with van der Waals surface area (Å²) in [4.78, 5) is 23.9. The fourth-order valence-corrected chi connectivity index (χ4v) is 5.12. The van der Waals surface area contributed by atoms with Crippen LogP contribution in [0.2, 0.25) is 0 Å². The SMILES string of the molecule is C[C@@H]1CCC[C@H](C)N1c1ccc(Cc2cc(-c3c(F)cccc3F)nc3c2C(=O)NC3)nc1. The maximum atomic E-state index is 14.4. The Morgan fingerprint density at radius 3 is 2.45 bits per heavy atom. The predicted molar refractivity (Wildman–Crippen MR) is 123 cm³/mol. The van der Waals surface area contributed by atoms with Crippen molar-refractivity contribution in [1.29, 1.82) is 0 Å². The molecule has 7 heteroatoms. The second kappa shape index (κ2) is 8.54. The van der Waals surface area contributed by atoms with Crippen LogP contribution < -0.4 is 10.2 Å². The van der Waals surface area contributed by atoms with Gasteiger partial charge in [0.05, 0.1) is 40.9 Å². The number of pyridine rings is 2. The molecule has 2 aromatic heterocycles. The van der Waals surface area contributed by atoms with Crippen LogP contribution in [-0.2, 0) is 13.0 Å². The molecule has 33 heavy (non-hydrogen) atoms. The van der Waals surface area contributed by atoms with Gasteiger partial charge in [0.15, 0.2) is 0 Å². The first-order chi connectivity index (χ1) is 15.9. The van der Waals surface area contributed by atoms with Gasteiger partial charge in [-0.25, -0.2) is 13.8 Å². The van der Waals surface area contributed by atoms with Crippen molar-refractivity contribution >= 4 is 11.6 Å². The van der Waals surface area contributed by atoms with E-state index in [0.29, 0.717) is 35.3 Å². The van der Waals surface area contributed by atoms with Gasteiger partial charge in [-0.15, -0.1) is 0 Å². The monoisotopic (exact) mass is 448 g/mol. The smallest absolute Gasteiger partial charge is 0.253 e. The van der Waals surface area contributed by atoms with E-state index in [-0.39, 0.29) is 23.7 Å². The minimum atomic E-state index is -0.682. The maximum absolute atomic E-state index is 14.4. The Morgan fingerprint density at radius 2 is 1.79 bits per heavy atom. The number of amides is 1. The molecule has 0 spiro atoms. The fraction of sp³-hybridized carbons (Fsp3) is 0.346. The van der Waals surface area contributed by atoms with Gasteiger partial charge in [0.1, 0.15) is 11.6 Å². The normalized spacial score (nSPS) is 20.0. The van der Waals surface area contributed by atoms with E-state index >= 15 is 0 Å². The third-order valence-corrected chi connectivity index (χ3v) is 6.71. The molecule has 1 saturated heterocycles. The maximum Gasteiger partial charge on any atom is 0.253 e. The Bertz CT molecular complexity index is 1180. The van der Waals surface area contributed by atoms with Crippen LogP contribution in [0.4, 0.5) is 14.5 Å². The number of rotatable bonds is 4. The van der Waals surface area contributed by atoms with E-state index in [0.717, 1.165) is 11.4 Å². The predicted octanol–water partition coefficient (Wildman–Crippen LogP) is 5.02. The highest BCUT2D eigenvalue weighted by Gasteiger charge is 2.28. The highest BCUT2D eigenvalue weighted by molar-refractivity contribution is 5.99. The molecule has 2 aliphatic heterocycles. The zero-order valence-corrected chi connectivity index (χ0v) is 18.7. The Labute approximate surface area is 191 Å². The van der Waals surface area contributed by atoms with Crippen molar-refractivity contribution in [2.45, 2.75) is 58.2 Å². The van der Waals surface area contributed by atoms with Crippen LogP contribution >= 0.6 is 0 Å². The quantitative estimate of drug-likeness (QED) is 0.609. The lowest BCUT2D eigenvalue weighted by Crippen LogP contribution is -2.43. The second-order valence-corrected chi connectivity index (χ2v) is 8.99. The van der Waals surface area contributed by atoms with Crippen molar-refractivity contribution in [3.8, 4) is 11.3 Å². The third-order valence-electron chi connectivity index (χ3n) is 6.71. The van der Waals surface area contributed by atoms with Gasteiger partial charge in [-0.3, -0.25) is 9.78 Å². The number of halogens is 2. The van der Waals surface area contributed by atoms with E-state index in [2.05, 4.69) is 40.1 Å². The molecule has 5 rings (SSSR count). The van der Waals surface area contributed by atoms with E-state index in [1.807, 2.05) is 12.3 Å². The molecular formula is C26H26F2N4O. The van der Waals surface area contributed by atoms with Crippen LogP contribution in [-0.4, -0.2) is 28.0 Å². The van der Waals surface area contributed by atoms with Crippen molar-refractivity contribution in [3.05, 3.63) is 76.7 Å². The largest absolute Gasteiger partial charge is 0.365 e. The van der Waals surface area contributed by atoms with Gasteiger partial charge in [0.2, 0.25) is 0 Å². The molecule has 4 heterocycles. The summed E-state index contributed by atoms with van der Waals surface area (Å²) in [5, 5.41) is 2.76. The lowest BCUT2D eigenvalue weighted by Gasteiger charge is -2.40. The molecule has 2 atom stereocenters. The number of nitrogens with one attached hydrogen (secondary N) is 1. The summed E-state index contributed by atoms with van der Waals surface area (Å²) < 4.78 is 28.9. The molecule has 0 bridgehead atoms. The average molecular weight is 449 g/mol. The number of carbonyl (C=O) groups excluding carboxylic acids is 1. The van der Waals surface area contributed by atoms with E-state index in [9.17, 15) is 13.6 Å². The summed E-state index contributed by atoms with van der Waals surface area (Å²) in [5.41, 5.74) is 3.50. The average Bonchev–Trinajstić information content (AvgIpc) is 3.16. The summed E-state index contributed by atoms with van der Waals surface area (Å²) in [6, 6.07) is 10.3. The second-order valence-electron chi connectivity index (χ2n) is 8.99. The number of hydrogen-bond acceptors (Lipinski definition) is 4. The molecular weight excluding hydrogens is 422 g/mol. The molecule has 0 saturated carbocycles. The van der Waals surface area contributed by atoms with Crippen molar-refractivity contribution in [2.75, 3.05) is 4.90 Å². The van der Waals surface area contributed by atoms with Crippen molar-refractivity contribution in [3.63, 3.8) is 0 Å². The van der Waals surface area contributed by atoms with Gasteiger partial charge < -0.3 is 10.2 Å². The van der Waals surface area contributed by atoms with E-state index in [4.69, 9.17) is 0 Å². The molecule has 1 amide bonds. The molecule has 0 aliphatic carbocycles. The van der Waals surface area contributed by atoms with Crippen molar-refractivity contribution < 1.29 is 13.6 Å². The summed E-state index contributed by atoms with van der Waals surface area (Å²) in [6.45, 7) is 4.72. The van der Waals surface area contributed by atoms with Crippen LogP contribution in [0.1, 0.15) is 60.4 Å². The van der Waals surface area contributed by atoms with Crippen LogP contribution in [0, 0.1) is 11.6 Å². The first-order valence-corrected chi connectivity index (χ1v) is 11.4. The summed E-state index contributed by atoms with van der Waals surface area (Å²) in [7, 11) is 0. The highest BCUT2D eigenvalue weighted by Crippen LogP contribution is 2.31. The molecule has 2 aliphatic rings. The molecule has 1 fully saturated rings. The van der Waals surface area contributed by atoms with Crippen molar-refractivity contribution in [1.82, 2.24) is 15.3 Å². The number of nitrogens with zero attached hydrogens (tertiary/aromatic N) is 3. The first-order valence-electron chi connectivity index (χ1n) is 11.4. The zero-order valence-electron chi connectivity index (χ0n) is 18.7. The fourth-order valence-electron chi connectivity index (χ4n) is 5.12. The number of fused-ring (bicyclic) bond motifs is 1. The van der Waals surface area contributed by atoms with Crippen LogP contribution in [0.3, 0.4) is 0 Å². The van der Waals surface area contributed by atoms with Gasteiger partial charge in [-0.1, -0.05) is 6.07 Å². The lowest BCUT2D eigenvalue weighted by atomic mass is 9.96. The lowest BCUT2D eigenvalue weighted by molar-refractivity contribution is 0.0965. The highest BCUT2D eigenvalue weighted by atomic mass is 19.1. The minimum absolute atomic E-state index is 0.183. The number of piperidine rings is 1. The van der Waals surface area contributed by atoms with Gasteiger partial charge in [0, 0.05) is 24.2 Å². The number of hydrogen-bond donors (Lipinski definition) is 1. The standard InChI is InChI=1S/C26H26F2N4O/c1-15-5-3-6-16(2)32(15)19-10-9-18(29-13-19)11-17-12-22(25-20(27)7-4-8-21(25)28)31-23-14-30-26(33)24(17)23/h4,7-10,12-13,15-16H,3,5-6,11,14H2,1-2H3,(H,30,33)/t15-,16+. The van der Waals surface area contributed by atoms with E-state index in [1.54, 1.807) is 6.07 Å². The Morgan fingerprint density at radius 1 is 1.06 bits per heavy atom. The summed E-state index contributed by atoms with van der Waals surface area (Å²) >= 11 is 0. The molecule has 0 unspecified atom stereocenters. The molecule has 170 valence electrons. The molecule has 0 radical (unpaired) electrons. The molecule has 1 aromatic carbocycles. The molecule has 3 aromatic rings. The Balaban J connectivity index is 1.49. The van der Waals surface area contributed by atoms with Crippen LogP contribution in [0.25, 0.3) is 11.3 Å². The first kappa shape index (κ1) is 21.5. The number of anilines is 1. The summed E-state index contributed by atoms with van der Waals surface area (Å²) in [5.74, 6) is -1.59.